The molecule has 0 saturated carbocycles. The number of hydrogen-bond donors (Lipinski definition) is 0. The number of methoxy groups -OCH3 is 1. The van der Waals surface area contributed by atoms with E-state index >= 15 is 0 Å². The van der Waals surface area contributed by atoms with E-state index in [1.54, 1.807) is 33.8 Å². The van der Waals surface area contributed by atoms with Gasteiger partial charge in [-0.05, 0) is 39.8 Å². The molecule has 1 aromatic rings. The highest BCUT2D eigenvalue weighted by molar-refractivity contribution is 5.92. The van der Waals surface area contributed by atoms with Crippen LogP contribution in [0.15, 0.2) is 12.1 Å². The van der Waals surface area contributed by atoms with Gasteiger partial charge < -0.3 is 9.47 Å². The third-order valence-corrected chi connectivity index (χ3v) is 2.05. The summed E-state index contributed by atoms with van der Waals surface area (Å²) in [6, 6.07) is 3.20. The molecule has 1 rings (SSSR count). The van der Waals surface area contributed by atoms with E-state index in [0.29, 0.717) is 5.69 Å². The van der Waals surface area contributed by atoms with Crippen LogP contribution in [0.5, 0.6) is 0 Å². The molecule has 0 saturated heterocycles. The van der Waals surface area contributed by atoms with E-state index in [9.17, 15) is 9.59 Å². The third kappa shape index (κ3) is 3.09. The van der Waals surface area contributed by atoms with Crippen LogP contribution in [0.25, 0.3) is 0 Å². The molecular weight excluding hydrogens is 222 g/mol. The van der Waals surface area contributed by atoms with Crippen LogP contribution in [-0.2, 0) is 9.47 Å². The van der Waals surface area contributed by atoms with Crippen LogP contribution < -0.4 is 0 Å². The Morgan fingerprint density at radius 1 is 1.24 bits per heavy atom. The second kappa shape index (κ2) is 4.61. The lowest BCUT2D eigenvalue weighted by Gasteiger charge is -2.20. The summed E-state index contributed by atoms with van der Waals surface area (Å²) in [5, 5.41) is 0. The van der Waals surface area contributed by atoms with Crippen molar-refractivity contribution in [3.8, 4) is 0 Å². The summed E-state index contributed by atoms with van der Waals surface area (Å²) < 4.78 is 11.0. The SMILES string of the molecule is COC(=O)c1ccc(C)n1C(=O)OC(C)(C)C. The topological polar surface area (TPSA) is 57.5 Å². The zero-order valence-electron chi connectivity index (χ0n) is 10.7. The largest absolute Gasteiger partial charge is 0.464 e. The first-order valence-electron chi connectivity index (χ1n) is 5.26. The lowest BCUT2D eigenvalue weighted by atomic mass is 10.2. The molecule has 94 valence electrons. The summed E-state index contributed by atoms with van der Waals surface area (Å²) in [7, 11) is 1.27. The normalized spacial score (nSPS) is 11.1. The average Bonchev–Trinajstić information content (AvgIpc) is 2.56. The van der Waals surface area contributed by atoms with Gasteiger partial charge in [0.05, 0.1) is 7.11 Å². The van der Waals surface area contributed by atoms with Crippen molar-refractivity contribution >= 4 is 12.1 Å². The standard InChI is InChI=1S/C12H17NO4/c1-8-6-7-9(10(14)16-5)13(8)11(15)17-12(2,3)4/h6-7H,1-5H3. The Balaban J connectivity index is 3.09. The van der Waals surface area contributed by atoms with Crippen molar-refractivity contribution in [1.82, 2.24) is 4.57 Å². The van der Waals surface area contributed by atoms with E-state index in [-0.39, 0.29) is 5.69 Å². The summed E-state index contributed by atoms with van der Waals surface area (Å²) in [5.41, 5.74) is 0.181. The smallest absolute Gasteiger partial charge is 0.419 e. The van der Waals surface area contributed by atoms with E-state index in [1.807, 2.05) is 0 Å². The van der Waals surface area contributed by atoms with Gasteiger partial charge in [-0.15, -0.1) is 0 Å². The van der Waals surface area contributed by atoms with Crippen LogP contribution in [-0.4, -0.2) is 29.3 Å². The van der Waals surface area contributed by atoms with Gasteiger partial charge in [0.25, 0.3) is 0 Å². The first-order chi connectivity index (χ1) is 7.76. The molecule has 0 aliphatic carbocycles. The lowest BCUT2D eigenvalue weighted by molar-refractivity contribution is 0.0481. The summed E-state index contributed by atoms with van der Waals surface area (Å²) in [5.74, 6) is -0.566. The Kier molecular flexibility index (Phi) is 3.60. The van der Waals surface area contributed by atoms with Gasteiger partial charge in [0.15, 0.2) is 0 Å². The Bertz CT molecular complexity index is 440. The van der Waals surface area contributed by atoms with Crippen LogP contribution in [0.2, 0.25) is 0 Å². The van der Waals surface area contributed by atoms with Gasteiger partial charge in [-0.1, -0.05) is 0 Å². The number of carbonyl (C=O) groups excluding carboxylic acids is 2. The van der Waals surface area contributed by atoms with Gasteiger partial charge in [0.2, 0.25) is 0 Å². The zero-order valence-corrected chi connectivity index (χ0v) is 10.7. The third-order valence-electron chi connectivity index (χ3n) is 2.05. The maximum atomic E-state index is 11.9. The number of rotatable bonds is 1. The van der Waals surface area contributed by atoms with E-state index in [2.05, 4.69) is 4.74 Å². The molecule has 0 fully saturated rings. The van der Waals surface area contributed by atoms with Crippen LogP contribution >= 0.6 is 0 Å². The fourth-order valence-electron chi connectivity index (χ4n) is 1.35. The van der Waals surface area contributed by atoms with Crippen molar-refractivity contribution in [2.24, 2.45) is 0 Å². The minimum absolute atomic E-state index is 0.166. The predicted octanol–water partition coefficient (Wildman–Crippen LogP) is 2.37. The Morgan fingerprint density at radius 3 is 2.29 bits per heavy atom. The molecular formula is C12H17NO4. The molecule has 0 spiro atoms. The number of carbonyl (C=O) groups is 2. The summed E-state index contributed by atoms with van der Waals surface area (Å²) in [6.45, 7) is 7.01. The van der Waals surface area contributed by atoms with Gasteiger partial charge in [0.1, 0.15) is 11.3 Å². The van der Waals surface area contributed by atoms with Crippen molar-refractivity contribution in [3.05, 3.63) is 23.5 Å². The highest BCUT2D eigenvalue weighted by atomic mass is 16.6. The molecule has 5 heteroatoms. The van der Waals surface area contributed by atoms with Crippen molar-refractivity contribution in [2.45, 2.75) is 33.3 Å². The number of hydrogen-bond acceptors (Lipinski definition) is 4. The van der Waals surface area contributed by atoms with Gasteiger partial charge in [0, 0.05) is 5.69 Å². The molecule has 0 radical (unpaired) electrons. The molecule has 1 aromatic heterocycles. The quantitative estimate of drug-likeness (QED) is 0.706. The van der Waals surface area contributed by atoms with Crippen molar-refractivity contribution in [3.63, 3.8) is 0 Å². The Hall–Kier alpha value is -1.78. The van der Waals surface area contributed by atoms with Crippen LogP contribution in [0.4, 0.5) is 4.79 Å². The van der Waals surface area contributed by atoms with E-state index < -0.39 is 17.7 Å². The zero-order chi connectivity index (χ0) is 13.2. The van der Waals surface area contributed by atoms with E-state index in [0.717, 1.165) is 0 Å². The fraction of sp³-hybridized carbons (Fsp3) is 0.500. The monoisotopic (exact) mass is 239 g/mol. The lowest BCUT2D eigenvalue weighted by Crippen LogP contribution is -2.29. The summed E-state index contributed by atoms with van der Waals surface area (Å²) >= 11 is 0. The molecule has 5 nitrogen and oxygen atoms in total. The molecule has 17 heavy (non-hydrogen) atoms. The molecule has 0 unspecified atom stereocenters. The molecule has 0 atom stereocenters. The summed E-state index contributed by atoms with van der Waals surface area (Å²) in [6.07, 6.45) is -0.583. The number of aryl methyl sites for hydroxylation is 1. The van der Waals surface area contributed by atoms with Crippen molar-refractivity contribution in [2.75, 3.05) is 7.11 Å². The maximum absolute atomic E-state index is 11.9. The van der Waals surface area contributed by atoms with Crippen LogP contribution in [0.1, 0.15) is 37.0 Å². The predicted molar refractivity (Wildman–Crippen MR) is 62.1 cm³/mol. The first-order valence-corrected chi connectivity index (χ1v) is 5.26. The van der Waals surface area contributed by atoms with E-state index in [4.69, 9.17) is 4.74 Å². The van der Waals surface area contributed by atoms with E-state index in [1.165, 1.54) is 17.7 Å². The van der Waals surface area contributed by atoms with Crippen LogP contribution in [0, 0.1) is 6.92 Å². The first kappa shape index (κ1) is 13.3. The second-order valence-corrected chi connectivity index (χ2v) is 4.67. The fourth-order valence-corrected chi connectivity index (χ4v) is 1.35. The van der Waals surface area contributed by atoms with Crippen molar-refractivity contribution in [1.29, 1.82) is 0 Å². The van der Waals surface area contributed by atoms with Gasteiger partial charge in [-0.3, -0.25) is 0 Å². The molecule has 0 aromatic carbocycles. The summed E-state index contributed by atoms with van der Waals surface area (Å²) in [4.78, 5) is 23.4. The second-order valence-electron chi connectivity index (χ2n) is 4.67. The molecule has 0 aliphatic rings. The molecule has 0 N–H and O–H groups in total. The highest BCUT2D eigenvalue weighted by Gasteiger charge is 2.23. The van der Waals surface area contributed by atoms with Crippen molar-refractivity contribution < 1.29 is 19.1 Å². The number of nitrogens with zero attached hydrogens (tertiary/aromatic N) is 1. The Morgan fingerprint density at radius 2 is 1.82 bits per heavy atom. The molecule has 0 aliphatic heterocycles. The minimum Gasteiger partial charge on any atom is -0.464 e. The molecule has 0 bridgehead atoms. The number of ether oxygens (including phenoxy) is 2. The van der Waals surface area contributed by atoms with Gasteiger partial charge in [-0.25, -0.2) is 14.2 Å². The molecule has 1 heterocycles. The number of aromatic nitrogens is 1. The Labute approximate surface area is 100 Å². The maximum Gasteiger partial charge on any atom is 0.419 e. The average molecular weight is 239 g/mol. The number of esters is 1. The minimum atomic E-state index is -0.610. The highest BCUT2D eigenvalue weighted by Crippen LogP contribution is 2.14. The van der Waals surface area contributed by atoms with Gasteiger partial charge >= 0.3 is 12.1 Å². The van der Waals surface area contributed by atoms with Crippen LogP contribution in [0.3, 0.4) is 0 Å². The molecule has 0 amide bonds. The van der Waals surface area contributed by atoms with Gasteiger partial charge in [-0.2, -0.15) is 0 Å².